The summed E-state index contributed by atoms with van der Waals surface area (Å²) in [5.41, 5.74) is 0. The number of piperazine rings is 1. The first kappa shape index (κ1) is 13.0. The molecular formula is C12H16N6O2S. The van der Waals surface area contributed by atoms with Crippen molar-refractivity contribution < 1.29 is 4.92 Å². The number of nitro groups is 1. The summed E-state index contributed by atoms with van der Waals surface area (Å²) in [6, 6.07) is 0.492. The molecule has 1 N–H and O–H groups in total. The number of hydrogen-bond donors (Lipinski definition) is 1. The van der Waals surface area contributed by atoms with E-state index in [1.807, 2.05) is 10.3 Å². The van der Waals surface area contributed by atoms with E-state index < -0.39 is 0 Å². The smallest absolute Gasteiger partial charge is 0.358 e. The van der Waals surface area contributed by atoms with Crippen molar-refractivity contribution in [2.45, 2.75) is 6.04 Å². The summed E-state index contributed by atoms with van der Waals surface area (Å²) in [6.07, 6.45) is 1.71. The molecule has 0 spiro atoms. The van der Waals surface area contributed by atoms with E-state index in [2.05, 4.69) is 15.2 Å². The number of imidazole rings is 1. The molecule has 0 saturated carbocycles. The summed E-state index contributed by atoms with van der Waals surface area (Å²) in [6.45, 7) is 5.81. The van der Waals surface area contributed by atoms with Gasteiger partial charge >= 0.3 is 5.82 Å². The maximum Gasteiger partial charge on any atom is 0.373 e. The highest BCUT2D eigenvalue weighted by Gasteiger charge is 2.38. The predicted octanol–water partition coefficient (Wildman–Crippen LogP) is 0.398. The van der Waals surface area contributed by atoms with Gasteiger partial charge in [0.1, 0.15) is 6.20 Å². The van der Waals surface area contributed by atoms with E-state index in [1.54, 1.807) is 10.6 Å². The molecule has 0 atom stereocenters. The van der Waals surface area contributed by atoms with Gasteiger partial charge in [-0.1, -0.05) is 11.3 Å². The van der Waals surface area contributed by atoms with Crippen LogP contribution < -0.4 is 10.2 Å². The van der Waals surface area contributed by atoms with E-state index in [1.165, 1.54) is 11.3 Å². The number of anilines is 1. The number of nitrogens with zero attached hydrogens (tertiary/aromatic N) is 5. The standard InChI is InChI=1S/C12H16N6O2S/c19-18(20)11-10(14-12-17(11)5-6-21-12)16-7-9(8-16)15-3-1-13-2-4-15/h5-6,9,13H,1-4,7-8H2. The van der Waals surface area contributed by atoms with Crippen molar-refractivity contribution in [3.05, 3.63) is 21.7 Å². The van der Waals surface area contributed by atoms with Gasteiger partial charge in [-0.3, -0.25) is 4.90 Å². The van der Waals surface area contributed by atoms with Crippen LogP contribution in [0.15, 0.2) is 11.6 Å². The zero-order valence-electron chi connectivity index (χ0n) is 11.4. The molecule has 2 saturated heterocycles. The summed E-state index contributed by atoms with van der Waals surface area (Å²) >= 11 is 1.42. The van der Waals surface area contributed by atoms with Crippen LogP contribution in [0.3, 0.4) is 0 Å². The third-order valence-electron chi connectivity index (χ3n) is 4.22. The Morgan fingerprint density at radius 2 is 2.14 bits per heavy atom. The maximum atomic E-state index is 11.3. The number of fused-ring (bicyclic) bond motifs is 1. The number of hydrogen-bond acceptors (Lipinski definition) is 7. The van der Waals surface area contributed by atoms with Crippen LogP contribution in [0.4, 0.5) is 11.6 Å². The third-order valence-corrected chi connectivity index (χ3v) is 4.98. The van der Waals surface area contributed by atoms with E-state index in [9.17, 15) is 10.1 Å². The average Bonchev–Trinajstić information content (AvgIpc) is 2.98. The van der Waals surface area contributed by atoms with Crippen LogP contribution >= 0.6 is 11.3 Å². The molecular weight excluding hydrogens is 292 g/mol. The molecule has 2 aliphatic rings. The summed E-state index contributed by atoms with van der Waals surface area (Å²) in [5, 5.41) is 16.5. The Morgan fingerprint density at radius 1 is 1.38 bits per heavy atom. The molecule has 0 amide bonds. The SMILES string of the molecule is O=[N+]([O-])c1c(N2CC(N3CCNCC3)C2)nc2sccn12. The predicted molar refractivity (Wildman–Crippen MR) is 80.2 cm³/mol. The first-order valence-corrected chi connectivity index (χ1v) is 7.91. The van der Waals surface area contributed by atoms with Crippen molar-refractivity contribution in [2.24, 2.45) is 0 Å². The molecule has 21 heavy (non-hydrogen) atoms. The normalized spacial score (nSPS) is 20.9. The van der Waals surface area contributed by atoms with Crippen molar-refractivity contribution in [3.8, 4) is 0 Å². The summed E-state index contributed by atoms with van der Waals surface area (Å²) in [4.78, 5) is 20.6. The van der Waals surface area contributed by atoms with Crippen molar-refractivity contribution in [1.29, 1.82) is 0 Å². The molecule has 4 heterocycles. The molecule has 0 radical (unpaired) electrons. The average molecular weight is 308 g/mol. The van der Waals surface area contributed by atoms with E-state index in [-0.39, 0.29) is 10.7 Å². The van der Waals surface area contributed by atoms with Gasteiger partial charge in [0.15, 0.2) is 0 Å². The van der Waals surface area contributed by atoms with Crippen LogP contribution in [0.5, 0.6) is 0 Å². The van der Waals surface area contributed by atoms with E-state index in [4.69, 9.17) is 0 Å². The van der Waals surface area contributed by atoms with Crippen molar-refractivity contribution in [1.82, 2.24) is 19.6 Å². The maximum absolute atomic E-state index is 11.3. The monoisotopic (exact) mass is 308 g/mol. The van der Waals surface area contributed by atoms with Gasteiger partial charge in [-0.25, -0.2) is 0 Å². The lowest BCUT2D eigenvalue weighted by Gasteiger charge is -2.46. The molecule has 0 aliphatic carbocycles. The number of rotatable bonds is 3. The zero-order valence-corrected chi connectivity index (χ0v) is 12.3. The first-order chi connectivity index (χ1) is 10.2. The molecule has 0 unspecified atom stereocenters. The lowest BCUT2D eigenvalue weighted by atomic mass is 10.1. The molecule has 2 aromatic heterocycles. The third kappa shape index (κ3) is 2.08. The van der Waals surface area contributed by atoms with E-state index in [0.29, 0.717) is 16.8 Å². The Balaban J connectivity index is 1.54. The highest BCUT2D eigenvalue weighted by Crippen LogP contribution is 2.34. The number of aromatic nitrogens is 2. The second kappa shape index (κ2) is 4.93. The van der Waals surface area contributed by atoms with Crippen LogP contribution in [0.25, 0.3) is 4.96 Å². The highest BCUT2D eigenvalue weighted by atomic mass is 32.1. The molecule has 8 nitrogen and oxygen atoms in total. The van der Waals surface area contributed by atoms with Gasteiger partial charge in [-0.2, -0.15) is 9.38 Å². The lowest BCUT2D eigenvalue weighted by molar-refractivity contribution is -0.389. The molecule has 2 fully saturated rings. The van der Waals surface area contributed by atoms with Crippen molar-refractivity contribution in [2.75, 3.05) is 44.2 Å². The van der Waals surface area contributed by atoms with Gasteiger partial charge in [-0.05, 0) is 4.92 Å². The highest BCUT2D eigenvalue weighted by molar-refractivity contribution is 7.15. The van der Waals surface area contributed by atoms with Crippen LogP contribution in [0.1, 0.15) is 0 Å². The molecule has 0 bridgehead atoms. The summed E-state index contributed by atoms with van der Waals surface area (Å²) in [7, 11) is 0. The van der Waals surface area contributed by atoms with Crippen molar-refractivity contribution >= 4 is 27.9 Å². The Hall–Kier alpha value is -1.71. The largest absolute Gasteiger partial charge is 0.373 e. The van der Waals surface area contributed by atoms with Gasteiger partial charge in [0.25, 0.3) is 4.96 Å². The topological polar surface area (TPSA) is 79.0 Å². The van der Waals surface area contributed by atoms with Gasteiger partial charge in [0, 0.05) is 50.7 Å². The molecule has 4 rings (SSSR count). The zero-order chi connectivity index (χ0) is 14.4. The molecule has 9 heteroatoms. The van der Waals surface area contributed by atoms with Crippen LogP contribution in [-0.2, 0) is 0 Å². The van der Waals surface area contributed by atoms with Gasteiger partial charge in [0.05, 0.1) is 0 Å². The summed E-state index contributed by atoms with van der Waals surface area (Å²) < 4.78 is 1.57. The van der Waals surface area contributed by atoms with E-state index >= 15 is 0 Å². The van der Waals surface area contributed by atoms with Crippen LogP contribution in [0.2, 0.25) is 0 Å². The Labute approximate surface area is 125 Å². The Morgan fingerprint density at radius 3 is 2.86 bits per heavy atom. The van der Waals surface area contributed by atoms with Gasteiger partial charge in [-0.15, -0.1) is 0 Å². The molecule has 2 aromatic rings. The molecule has 2 aliphatic heterocycles. The Kier molecular flexibility index (Phi) is 3.05. The fourth-order valence-electron chi connectivity index (χ4n) is 3.05. The number of thiazole rings is 1. The molecule has 112 valence electrons. The van der Waals surface area contributed by atoms with Crippen LogP contribution in [0, 0.1) is 10.1 Å². The number of nitrogens with one attached hydrogen (secondary N) is 1. The van der Waals surface area contributed by atoms with Crippen molar-refractivity contribution in [3.63, 3.8) is 0 Å². The first-order valence-electron chi connectivity index (χ1n) is 7.03. The van der Waals surface area contributed by atoms with E-state index in [0.717, 1.165) is 39.3 Å². The second-order valence-electron chi connectivity index (χ2n) is 5.42. The van der Waals surface area contributed by atoms with Gasteiger partial charge in [0.2, 0.25) is 5.82 Å². The lowest BCUT2D eigenvalue weighted by Crippen LogP contribution is -2.63. The fraction of sp³-hybridized carbons (Fsp3) is 0.583. The quantitative estimate of drug-likeness (QED) is 0.653. The second-order valence-corrected chi connectivity index (χ2v) is 6.29. The fourth-order valence-corrected chi connectivity index (χ4v) is 3.76. The summed E-state index contributed by atoms with van der Waals surface area (Å²) in [5.74, 6) is 0.600. The molecule has 0 aromatic carbocycles. The van der Waals surface area contributed by atoms with Crippen LogP contribution in [-0.4, -0.2) is 64.5 Å². The minimum atomic E-state index is -0.333. The Bertz CT molecular complexity index is 670. The minimum absolute atomic E-state index is 0.0880. The van der Waals surface area contributed by atoms with Gasteiger partial charge < -0.3 is 20.3 Å². The minimum Gasteiger partial charge on any atom is -0.358 e.